The average Bonchev–Trinajstić information content (AvgIpc) is 2.82. The monoisotopic (exact) mass is 256 g/mol. The molecule has 0 fully saturated rings. The van der Waals surface area contributed by atoms with Gasteiger partial charge in [-0.15, -0.1) is 11.3 Å². The van der Waals surface area contributed by atoms with E-state index in [0.717, 1.165) is 10.4 Å². The fraction of sp³-hybridized carbons (Fsp3) is 0.0667. The van der Waals surface area contributed by atoms with E-state index >= 15 is 0 Å². The maximum Gasteiger partial charge on any atom is 0.160 e. The summed E-state index contributed by atoms with van der Waals surface area (Å²) in [4.78, 5) is 1.15. The molecule has 1 heterocycles. The van der Waals surface area contributed by atoms with Crippen molar-refractivity contribution in [3.8, 4) is 21.9 Å². The van der Waals surface area contributed by atoms with Gasteiger partial charge in [-0.25, -0.2) is 0 Å². The molecular weight excluding hydrogens is 244 g/mol. The number of hydrogen-bond acceptors (Lipinski definition) is 3. The normalized spacial score (nSPS) is 10.7. The Morgan fingerprint density at radius 2 is 1.89 bits per heavy atom. The second-order valence-corrected chi connectivity index (χ2v) is 5.12. The van der Waals surface area contributed by atoms with Crippen molar-refractivity contribution >= 4 is 21.4 Å². The van der Waals surface area contributed by atoms with Crippen molar-refractivity contribution in [2.75, 3.05) is 7.11 Å². The molecule has 18 heavy (non-hydrogen) atoms. The number of ether oxygens (including phenoxy) is 1. The Hall–Kier alpha value is -2.00. The van der Waals surface area contributed by atoms with Crippen molar-refractivity contribution in [3.05, 3.63) is 48.5 Å². The third kappa shape index (κ3) is 1.83. The van der Waals surface area contributed by atoms with E-state index in [1.54, 1.807) is 30.6 Å². The van der Waals surface area contributed by atoms with Crippen LogP contribution in [0.1, 0.15) is 0 Å². The predicted molar refractivity (Wildman–Crippen MR) is 75.5 cm³/mol. The summed E-state index contributed by atoms with van der Waals surface area (Å²) < 4.78 is 6.30. The van der Waals surface area contributed by atoms with Crippen LogP contribution in [0.2, 0.25) is 0 Å². The summed E-state index contributed by atoms with van der Waals surface area (Å²) in [6.07, 6.45) is 0. The van der Waals surface area contributed by atoms with Crippen LogP contribution in [-0.2, 0) is 0 Å². The molecule has 1 aromatic heterocycles. The van der Waals surface area contributed by atoms with Crippen LogP contribution in [0.3, 0.4) is 0 Å². The molecule has 0 bridgehead atoms. The van der Waals surface area contributed by atoms with Crippen LogP contribution >= 0.6 is 11.3 Å². The third-order valence-corrected chi connectivity index (χ3v) is 4.05. The van der Waals surface area contributed by atoms with Crippen molar-refractivity contribution < 1.29 is 9.84 Å². The molecule has 0 saturated heterocycles. The topological polar surface area (TPSA) is 29.5 Å². The van der Waals surface area contributed by atoms with Crippen LogP contribution in [0, 0.1) is 0 Å². The van der Waals surface area contributed by atoms with Crippen LogP contribution in [0.5, 0.6) is 11.5 Å². The smallest absolute Gasteiger partial charge is 0.160 e. The summed E-state index contributed by atoms with van der Waals surface area (Å²) in [5.74, 6) is 0.673. The summed E-state index contributed by atoms with van der Waals surface area (Å²) in [5.41, 5.74) is 1.01. The Morgan fingerprint density at radius 3 is 2.61 bits per heavy atom. The van der Waals surface area contributed by atoms with E-state index in [4.69, 9.17) is 4.74 Å². The summed E-state index contributed by atoms with van der Waals surface area (Å²) in [6.45, 7) is 0. The van der Waals surface area contributed by atoms with Crippen molar-refractivity contribution in [3.63, 3.8) is 0 Å². The molecule has 3 aromatic rings. The highest BCUT2D eigenvalue weighted by molar-refractivity contribution is 7.22. The van der Waals surface area contributed by atoms with E-state index in [1.807, 2.05) is 18.2 Å². The predicted octanol–water partition coefficient (Wildman–Crippen LogP) is 4.28. The average molecular weight is 256 g/mol. The molecule has 0 aliphatic heterocycles. The number of phenolic OH excluding ortho intramolecular Hbond substituents is 1. The zero-order valence-corrected chi connectivity index (χ0v) is 10.7. The minimum Gasteiger partial charge on any atom is -0.504 e. The van der Waals surface area contributed by atoms with E-state index < -0.39 is 0 Å². The highest BCUT2D eigenvalue weighted by Gasteiger charge is 2.07. The van der Waals surface area contributed by atoms with Crippen LogP contribution in [-0.4, -0.2) is 12.2 Å². The van der Waals surface area contributed by atoms with Gasteiger partial charge in [0.05, 0.1) is 7.11 Å². The second-order valence-electron chi connectivity index (χ2n) is 4.04. The van der Waals surface area contributed by atoms with Gasteiger partial charge in [-0.2, -0.15) is 0 Å². The van der Waals surface area contributed by atoms with E-state index in [2.05, 4.69) is 18.2 Å². The summed E-state index contributed by atoms with van der Waals surface area (Å²) in [5, 5.41) is 11.0. The number of thiophene rings is 1. The van der Waals surface area contributed by atoms with Gasteiger partial charge in [0, 0.05) is 9.58 Å². The first-order valence-electron chi connectivity index (χ1n) is 5.64. The molecule has 3 heteroatoms. The second kappa shape index (κ2) is 4.35. The zero-order valence-electron chi connectivity index (χ0n) is 9.88. The quantitative estimate of drug-likeness (QED) is 0.741. The zero-order chi connectivity index (χ0) is 12.5. The number of phenols is 1. The Balaban J connectivity index is 2.11. The maximum atomic E-state index is 9.81. The number of methoxy groups -OCH3 is 1. The lowest BCUT2D eigenvalue weighted by atomic mass is 10.1. The van der Waals surface area contributed by atoms with Crippen molar-refractivity contribution in [2.24, 2.45) is 0 Å². The van der Waals surface area contributed by atoms with Crippen molar-refractivity contribution in [1.29, 1.82) is 0 Å². The van der Waals surface area contributed by atoms with Crippen molar-refractivity contribution in [1.82, 2.24) is 0 Å². The van der Waals surface area contributed by atoms with Gasteiger partial charge in [0.1, 0.15) is 0 Å². The lowest BCUT2D eigenvalue weighted by Crippen LogP contribution is -1.83. The Labute approximate surface area is 109 Å². The number of benzene rings is 2. The molecular formula is C15H12O2S. The van der Waals surface area contributed by atoms with Gasteiger partial charge in [0.25, 0.3) is 0 Å². The molecule has 0 spiro atoms. The van der Waals surface area contributed by atoms with E-state index in [-0.39, 0.29) is 5.75 Å². The fourth-order valence-electron chi connectivity index (χ4n) is 1.97. The number of fused-ring (bicyclic) bond motifs is 1. The minimum atomic E-state index is 0.174. The highest BCUT2D eigenvalue weighted by atomic mass is 32.1. The molecule has 0 amide bonds. The number of aromatic hydroxyl groups is 1. The minimum absolute atomic E-state index is 0.174. The number of hydrogen-bond donors (Lipinski definition) is 1. The molecule has 0 atom stereocenters. The molecule has 3 rings (SSSR count). The van der Waals surface area contributed by atoms with Gasteiger partial charge in [-0.1, -0.05) is 18.2 Å². The molecule has 0 aliphatic rings. The van der Waals surface area contributed by atoms with Gasteiger partial charge in [-0.3, -0.25) is 0 Å². The molecule has 2 aromatic carbocycles. The van der Waals surface area contributed by atoms with Crippen LogP contribution < -0.4 is 4.74 Å². The lowest BCUT2D eigenvalue weighted by Gasteiger charge is -2.04. The molecule has 0 saturated carbocycles. The van der Waals surface area contributed by atoms with Gasteiger partial charge in [0.15, 0.2) is 11.5 Å². The van der Waals surface area contributed by atoms with Crippen LogP contribution in [0.25, 0.3) is 20.5 Å². The Morgan fingerprint density at radius 1 is 1.06 bits per heavy atom. The lowest BCUT2D eigenvalue weighted by molar-refractivity contribution is 0.373. The van der Waals surface area contributed by atoms with Crippen LogP contribution in [0.4, 0.5) is 0 Å². The highest BCUT2D eigenvalue weighted by Crippen LogP contribution is 2.37. The molecule has 0 aliphatic carbocycles. The summed E-state index contributed by atoms with van der Waals surface area (Å²) in [6, 6.07) is 15.9. The summed E-state index contributed by atoms with van der Waals surface area (Å²) in [7, 11) is 1.55. The third-order valence-electron chi connectivity index (χ3n) is 2.89. The van der Waals surface area contributed by atoms with Gasteiger partial charge >= 0.3 is 0 Å². The standard InChI is InChI=1S/C15H12O2S/c1-17-13-7-6-11(8-12(13)16)15-9-10-4-2-3-5-14(10)18-15/h2-9,16H,1H3. The SMILES string of the molecule is COc1ccc(-c2cc3ccccc3s2)cc1O. The Bertz CT molecular complexity index is 668. The molecule has 90 valence electrons. The van der Waals surface area contributed by atoms with Gasteiger partial charge in [0.2, 0.25) is 0 Å². The van der Waals surface area contributed by atoms with E-state index in [0.29, 0.717) is 5.75 Å². The van der Waals surface area contributed by atoms with Gasteiger partial charge < -0.3 is 9.84 Å². The largest absolute Gasteiger partial charge is 0.504 e. The van der Waals surface area contributed by atoms with Gasteiger partial charge in [-0.05, 0) is 41.3 Å². The Kier molecular flexibility index (Phi) is 2.68. The van der Waals surface area contributed by atoms with E-state index in [9.17, 15) is 5.11 Å². The molecule has 0 unspecified atom stereocenters. The molecule has 1 N–H and O–H groups in total. The maximum absolute atomic E-state index is 9.81. The number of rotatable bonds is 2. The van der Waals surface area contributed by atoms with Crippen LogP contribution in [0.15, 0.2) is 48.5 Å². The van der Waals surface area contributed by atoms with Crippen molar-refractivity contribution in [2.45, 2.75) is 0 Å². The molecule has 2 nitrogen and oxygen atoms in total. The first kappa shape index (κ1) is 11.1. The molecule has 0 radical (unpaired) electrons. The first-order chi connectivity index (χ1) is 8.78. The summed E-state index contributed by atoms with van der Waals surface area (Å²) >= 11 is 1.72. The van der Waals surface area contributed by atoms with E-state index in [1.165, 1.54) is 10.1 Å². The fourth-order valence-corrected chi connectivity index (χ4v) is 3.03. The first-order valence-corrected chi connectivity index (χ1v) is 6.45.